The van der Waals surface area contributed by atoms with Gasteiger partial charge in [0.1, 0.15) is 0 Å². The largest absolute Gasteiger partial charge is 0.368 e. The van der Waals surface area contributed by atoms with Crippen molar-refractivity contribution in [2.45, 2.75) is 19.4 Å². The first-order valence-corrected chi connectivity index (χ1v) is 5.01. The average molecular weight is 192 g/mol. The molecule has 1 aromatic carbocycles. The topological polar surface area (TPSA) is 15.3 Å². The molecule has 0 saturated heterocycles. The second-order valence-electron chi connectivity index (χ2n) is 4.24. The van der Waals surface area contributed by atoms with Crippen molar-refractivity contribution in [3.8, 4) is 0 Å². The van der Waals surface area contributed by atoms with E-state index in [1.165, 1.54) is 5.69 Å². The third kappa shape index (κ3) is 2.48. The predicted octanol–water partition coefficient (Wildman–Crippen LogP) is 2.12. The van der Waals surface area contributed by atoms with Crippen molar-refractivity contribution in [3.05, 3.63) is 30.3 Å². The molecule has 0 bridgehead atoms. The Morgan fingerprint density at radius 1 is 1.21 bits per heavy atom. The van der Waals surface area contributed by atoms with Crippen molar-refractivity contribution in [2.75, 3.05) is 25.5 Å². The Kier molecular flexibility index (Phi) is 3.53. The molecule has 0 fully saturated rings. The highest BCUT2D eigenvalue weighted by molar-refractivity contribution is 5.47. The lowest BCUT2D eigenvalue weighted by molar-refractivity contribution is 0.463. The summed E-state index contributed by atoms with van der Waals surface area (Å²) in [5.74, 6) is 0. The molecule has 0 aliphatic carbocycles. The maximum atomic E-state index is 3.22. The smallest absolute Gasteiger partial charge is 0.0466 e. The van der Waals surface area contributed by atoms with Gasteiger partial charge < -0.3 is 10.2 Å². The van der Waals surface area contributed by atoms with Gasteiger partial charge in [-0.25, -0.2) is 0 Å². The average Bonchev–Trinajstić information content (AvgIpc) is 2.18. The molecule has 0 atom stereocenters. The third-order valence-corrected chi connectivity index (χ3v) is 2.66. The molecule has 1 aromatic rings. The van der Waals surface area contributed by atoms with E-state index >= 15 is 0 Å². The molecule has 0 radical (unpaired) electrons. The van der Waals surface area contributed by atoms with Crippen LogP contribution in [0.15, 0.2) is 30.3 Å². The maximum Gasteiger partial charge on any atom is 0.0466 e. The van der Waals surface area contributed by atoms with Crippen molar-refractivity contribution in [2.24, 2.45) is 0 Å². The van der Waals surface area contributed by atoms with Crippen molar-refractivity contribution in [1.82, 2.24) is 5.32 Å². The number of hydrogen-bond acceptors (Lipinski definition) is 2. The minimum Gasteiger partial charge on any atom is -0.368 e. The van der Waals surface area contributed by atoms with E-state index in [2.05, 4.69) is 55.4 Å². The Labute approximate surface area is 86.9 Å². The molecule has 14 heavy (non-hydrogen) atoms. The Morgan fingerprint density at radius 3 is 2.29 bits per heavy atom. The molecule has 0 aromatic heterocycles. The maximum absolute atomic E-state index is 3.22. The number of para-hydroxylation sites is 1. The van der Waals surface area contributed by atoms with Crippen LogP contribution >= 0.6 is 0 Å². The lowest BCUT2D eigenvalue weighted by atomic mass is 10.0. The molecule has 0 unspecified atom stereocenters. The number of nitrogens with one attached hydrogen (secondary N) is 1. The normalized spacial score (nSPS) is 11.4. The van der Waals surface area contributed by atoms with E-state index in [4.69, 9.17) is 0 Å². The standard InChI is InChI=1S/C12H20N2/c1-12(2,10-13-3)14(4)11-8-6-5-7-9-11/h5-9,13H,10H2,1-4H3. The monoisotopic (exact) mass is 192 g/mol. The summed E-state index contributed by atoms with van der Waals surface area (Å²) in [6.45, 7) is 5.44. The number of nitrogens with zero attached hydrogens (tertiary/aromatic N) is 1. The lowest BCUT2D eigenvalue weighted by Gasteiger charge is -2.37. The van der Waals surface area contributed by atoms with E-state index < -0.39 is 0 Å². The lowest BCUT2D eigenvalue weighted by Crippen LogP contribution is -2.48. The Morgan fingerprint density at radius 2 is 1.79 bits per heavy atom. The van der Waals surface area contributed by atoms with Crippen molar-refractivity contribution in [1.29, 1.82) is 0 Å². The Hall–Kier alpha value is -1.02. The minimum atomic E-state index is 0.135. The molecule has 2 heteroatoms. The van der Waals surface area contributed by atoms with E-state index in [0.717, 1.165) is 6.54 Å². The summed E-state index contributed by atoms with van der Waals surface area (Å²) in [7, 11) is 4.12. The summed E-state index contributed by atoms with van der Waals surface area (Å²) in [5, 5.41) is 3.22. The van der Waals surface area contributed by atoms with Gasteiger partial charge in [-0.15, -0.1) is 0 Å². The van der Waals surface area contributed by atoms with Crippen LogP contribution in [-0.4, -0.2) is 26.2 Å². The Bertz CT molecular complexity index is 267. The molecule has 1 rings (SSSR count). The van der Waals surface area contributed by atoms with Gasteiger partial charge >= 0.3 is 0 Å². The minimum absolute atomic E-state index is 0.135. The highest BCUT2D eigenvalue weighted by Gasteiger charge is 2.22. The van der Waals surface area contributed by atoms with E-state index in [1.807, 2.05) is 13.1 Å². The molecule has 2 nitrogen and oxygen atoms in total. The summed E-state index contributed by atoms with van der Waals surface area (Å²) < 4.78 is 0. The second-order valence-corrected chi connectivity index (χ2v) is 4.24. The van der Waals surface area contributed by atoms with Crippen LogP contribution in [0, 0.1) is 0 Å². The van der Waals surface area contributed by atoms with Crippen LogP contribution in [0.1, 0.15) is 13.8 Å². The number of anilines is 1. The van der Waals surface area contributed by atoms with Crippen LogP contribution < -0.4 is 10.2 Å². The summed E-state index contributed by atoms with van der Waals surface area (Å²) >= 11 is 0. The number of rotatable bonds is 4. The van der Waals surface area contributed by atoms with Crippen molar-refractivity contribution >= 4 is 5.69 Å². The van der Waals surface area contributed by atoms with Crippen LogP contribution in [0.25, 0.3) is 0 Å². The van der Waals surface area contributed by atoms with Gasteiger partial charge in [0.2, 0.25) is 0 Å². The van der Waals surface area contributed by atoms with Gasteiger partial charge in [0.15, 0.2) is 0 Å². The van der Waals surface area contributed by atoms with Crippen molar-refractivity contribution in [3.63, 3.8) is 0 Å². The van der Waals surface area contributed by atoms with Gasteiger partial charge in [-0.1, -0.05) is 18.2 Å². The van der Waals surface area contributed by atoms with E-state index in [9.17, 15) is 0 Å². The fraction of sp³-hybridized carbons (Fsp3) is 0.500. The van der Waals surface area contributed by atoms with Gasteiger partial charge in [0.25, 0.3) is 0 Å². The second kappa shape index (κ2) is 4.47. The highest BCUT2D eigenvalue weighted by atomic mass is 15.2. The van der Waals surface area contributed by atoms with Gasteiger partial charge in [-0.05, 0) is 33.0 Å². The number of likely N-dealkylation sites (N-methyl/N-ethyl adjacent to an activating group) is 2. The zero-order valence-corrected chi connectivity index (χ0v) is 9.54. The zero-order valence-electron chi connectivity index (χ0n) is 9.54. The van der Waals surface area contributed by atoms with Gasteiger partial charge in [0.05, 0.1) is 0 Å². The summed E-state index contributed by atoms with van der Waals surface area (Å²) in [6, 6.07) is 10.5. The quantitative estimate of drug-likeness (QED) is 0.786. The number of hydrogen-bond donors (Lipinski definition) is 1. The van der Waals surface area contributed by atoms with Crippen molar-refractivity contribution < 1.29 is 0 Å². The van der Waals surface area contributed by atoms with E-state index in [1.54, 1.807) is 0 Å². The van der Waals surface area contributed by atoms with Crippen LogP contribution in [0.3, 0.4) is 0 Å². The van der Waals surface area contributed by atoms with Gasteiger partial charge in [-0.2, -0.15) is 0 Å². The molecule has 0 amide bonds. The molecule has 1 N–H and O–H groups in total. The highest BCUT2D eigenvalue weighted by Crippen LogP contribution is 2.20. The third-order valence-electron chi connectivity index (χ3n) is 2.66. The van der Waals surface area contributed by atoms with Crippen LogP contribution in [-0.2, 0) is 0 Å². The molecule has 0 aliphatic rings. The fourth-order valence-electron chi connectivity index (χ4n) is 1.55. The van der Waals surface area contributed by atoms with E-state index in [0.29, 0.717) is 0 Å². The fourth-order valence-corrected chi connectivity index (χ4v) is 1.55. The van der Waals surface area contributed by atoms with Crippen LogP contribution in [0.2, 0.25) is 0 Å². The Balaban J connectivity index is 2.79. The molecular weight excluding hydrogens is 172 g/mol. The summed E-state index contributed by atoms with van der Waals surface area (Å²) in [6.07, 6.45) is 0. The predicted molar refractivity (Wildman–Crippen MR) is 62.9 cm³/mol. The first-order valence-electron chi connectivity index (χ1n) is 5.01. The molecule has 0 saturated carbocycles. The number of benzene rings is 1. The van der Waals surface area contributed by atoms with Crippen LogP contribution in [0.4, 0.5) is 5.69 Å². The SMILES string of the molecule is CNCC(C)(C)N(C)c1ccccc1. The molecule has 0 heterocycles. The van der Waals surface area contributed by atoms with Crippen LogP contribution in [0.5, 0.6) is 0 Å². The van der Waals surface area contributed by atoms with E-state index in [-0.39, 0.29) is 5.54 Å². The van der Waals surface area contributed by atoms with Gasteiger partial charge in [-0.3, -0.25) is 0 Å². The summed E-state index contributed by atoms with van der Waals surface area (Å²) in [4.78, 5) is 2.30. The molecular formula is C12H20N2. The molecule has 78 valence electrons. The molecule has 0 spiro atoms. The zero-order chi connectivity index (χ0) is 10.6. The summed E-state index contributed by atoms with van der Waals surface area (Å²) in [5.41, 5.74) is 1.39. The molecule has 0 aliphatic heterocycles. The first kappa shape index (κ1) is 11.1. The first-order chi connectivity index (χ1) is 6.58. The van der Waals surface area contributed by atoms with Gasteiger partial charge in [0, 0.05) is 24.8 Å².